The number of nitrogens with one attached hydrogen (secondary N) is 1. The lowest BCUT2D eigenvalue weighted by atomic mass is 9.86. The van der Waals surface area contributed by atoms with Gasteiger partial charge in [-0.15, -0.1) is 0 Å². The third kappa shape index (κ3) is 3.35. The molecule has 1 aromatic carbocycles. The van der Waals surface area contributed by atoms with Crippen LogP contribution in [-0.2, 0) is 11.2 Å². The van der Waals surface area contributed by atoms with Gasteiger partial charge < -0.3 is 5.32 Å². The van der Waals surface area contributed by atoms with Crippen LogP contribution in [0.1, 0.15) is 37.7 Å². The smallest absolute Gasteiger partial charge is 0.220 e. The van der Waals surface area contributed by atoms with Crippen molar-refractivity contribution >= 4 is 17.5 Å². The van der Waals surface area contributed by atoms with Crippen LogP contribution in [0.5, 0.6) is 0 Å². The van der Waals surface area contributed by atoms with E-state index in [1.54, 1.807) is 0 Å². The molecule has 0 unspecified atom stereocenters. The molecule has 0 aliphatic heterocycles. The van der Waals surface area contributed by atoms with Crippen molar-refractivity contribution in [1.29, 1.82) is 0 Å². The molecule has 2 bridgehead atoms. The number of benzene rings is 1. The number of halogens is 1. The van der Waals surface area contributed by atoms with Crippen LogP contribution in [0.4, 0.5) is 0 Å². The van der Waals surface area contributed by atoms with Gasteiger partial charge in [0.1, 0.15) is 0 Å². The molecule has 20 heavy (non-hydrogen) atoms. The first-order valence-electron chi connectivity index (χ1n) is 7.72. The number of hydrogen-bond donors (Lipinski definition) is 1. The summed E-state index contributed by atoms with van der Waals surface area (Å²) in [5, 5.41) is 3.82. The average molecular weight is 292 g/mol. The first-order valence-corrected chi connectivity index (χ1v) is 8.09. The summed E-state index contributed by atoms with van der Waals surface area (Å²) in [6.07, 6.45) is 7.03. The molecule has 0 heterocycles. The van der Waals surface area contributed by atoms with Crippen molar-refractivity contribution in [3.8, 4) is 0 Å². The zero-order chi connectivity index (χ0) is 13.9. The second-order valence-corrected chi connectivity index (χ2v) is 6.80. The quantitative estimate of drug-likeness (QED) is 0.878. The van der Waals surface area contributed by atoms with Crippen LogP contribution >= 0.6 is 11.6 Å². The van der Waals surface area contributed by atoms with Crippen LogP contribution in [0, 0.1) is 17.8 Å². The third-order valence-corrected chi connectivity index (χ3v) is 5.23. The van der Waals surface area contributed by atoms with Gasteiger partial charge in [-0.25, -0.2) is 0 Å². The van der Waals surface area contributed by atoms with E-state index in [9.17, 15) is 4.79 Å². The second kappa shape index (κ2) is 6.17. The summed E-state index contributed by atoms with van der Waals surface area (Å²) in [6, 6.07) is 7.83. The normalized spacial score (nSPS) is 27.8. The Bertz CT molecular complexity index is 470. The lowest BCUT2D eigenvalue weighted by Gasteiger charge is -2.20. The fourth-order valence-corrected chi connectivity index (χ4v) is 4.06. The highest BCUT2D eigenvalue weighted by molar-refractivity contribution is 6.30. The summed E-state index contributed by atoms with van der Waals surface area (Å²) in [7, 11) is 0. The van der Waals surface area contributed by atoms with E-state index in [1.165, 1.54) is 31.2 Å². The van der Waals surface area contributed by atoms with E-state index >= 15 is 0 Å². The van der Waals surface area contributed by atoms with Crippen molar-refractivity contribution in [1.82, 2.24) is 5.32 Å². The van der Waals surface area contributed by atoms with Gasteiger partial charge in [-0.05, 0) is 61.1 Å². The van der Waals surface area contributed by atoms with Gasteiger partial charge in [0.2, 0.25) is 5.91 Å². The van der Waals surface area contributed by atoms with Crippen LogP contribution < -0.4 is 5.32 Å². The lowest BCUT2D eigenvalue weighted by Crippen LogP contribution is -2.28. The molecule has 0 saturated heterocycles. The Labute approximate surface area is 125 Å². The van der Waals surface area contributed by atoms with Crippen LogP contribution in [0.2, 0.25) is 5.02 Å². The molecule has 3 rings (SSSR count). The van der Waals surface area contributed by atoms with Crippen molar-refractivity contribution in [2.24, 2.45) is 17.8 Å². The number of rotatable bonds is 5. The second-order valence-electron chi connectivity index (χ2n) is 6.37. The Morgan fingerprint density at radius 1 is 1.20 bits per heavy atom. The van der Waals surface area contributed by atoms with Gasteiger partial charge in [0.25, 0.3) is 0 Å². The maximum absolute atomic E-state index is 12.0. The predicted molar refractivity (Wildman–Crippen MR) is 81.7 cm³/mol. The first kappa shape index (κ1) is 13.9. The molecular formula is C17H22ClNO. The van der Waals surface area contributed by atoms with Crippen molar-refractivity contribution in [2.45, 2.75) is 38.5 Å². The molecule has 0 aromatic heterocycles. The molecule has 2 aliphatic carbocycles. The van der Waals surface area contributed by atoms with E-state index in [-0.39, 0.29) is 5.91 Å². The Morgan fingerprint density at radius 3 is 2.65 bits per heavy atom. The van der Waals surface area contributed by atoms with E-state index in [0.717, 1.165) is 36.2 Å². The van der Waals surface area contributed by atoms with E-state index < -0.39 is 0 Å². The highest BCUT2D eigenvalue weighted by Crippen LogP contribution is 2.49. The Morgan fingerprint density at radius 2 is 2.00 bits per heavy atom. The standard InChI is InChI=1S/C17H22ClNO/c18-16-5-2-12(3-6-16)7-8-19-17(20)11-15-10-13-1-4-14(15)9-13/h2-3,5-6,13-15H,1,4,7-11H2,(H,19,20)/t13-,14-,15+/m1/s1. The highest BCUT2D eigenvalue weighted by Gasteiger charge is 2.39. The summed E-state index contributed by atoms with van der Waals surface area (Å²) in [5.41, 5.74) is 1.22. The number of fused-ring (bicyclic) bond motifs is 2. The largest absolute Gasteiger partial charge is 0.356 e. The minimum absolute atomic E-state index is 0.233. The number of carbonyl (C=O) groups excluding carboxylic acids is 1. The third-order valence-electron chi connectivity index (χ3n) is 4.98. The molecule has 1 aromatic rings. The molecule has 1 N–H and O–H groups in total. The molecule has 3 heteroatoms. The minimum atomic E-state index is 0.233. The zero-order valence-corrected chi connectivity index (χ0v) is 12.5. The zero-order valence-electron chi connectivity index (χ0n) is 11.8. The molecule has 108 valence electrons. The Balaban J connectivity index is 1.38. The Hall–Kier alpha value is -1.02. The molecule has 0 spiro atoms. The maximum atomic E-state index is 12.0. The van der Waals surface area contributed by atoms with Crippen molar-refractivity contribution in [2.75, 3.05) is 6.54 Å². The molecule has 2 saturated carbocycles. The van der Waals surface area contributed by atoms with E-state index in [1.807, 2.05) is 24.3 Å². The summed E-state index contributed by atoms with van der Waals surface area (Å²) in [5.74, 6) is 2.65. The Kier molecular flexibility index (Phi) is 4.30. The van der Waals surface area contributed by atoms with Gasteiger partial charge in [0, 0.05) is 18.0 Å². The number of carbonyl (C=O) groups is 1. The molecule has 0 radical (unpaired) electrons. The molecular weight excluding hydrogens is 270 g/mol. The summed E-state index contributed by atoms with van der Waals surface area (Å²) in [4.78, 5) is 12.0. The monoisotopic (exact) mass is 291 g/mol. The topological polar surface area (TPSA) is 29.1 Å². The van der Waals surface area contributed by atoms with Crippen LogP contribution in [0.25, 0.3) is 0 Å². The minimum Gasteiger partial charge on any atom is -0.356 e. The van der Waals surface area contributed by atoms with Gasteiger partial charge >= 0.3 is 0 Å². The SMILES string of the molecule is O=C(C[C@@H]1C[C@@H]2CC[C@@H]1C2)NCCc1ccc(Cl)cc1. The van der Waals surface area contributed by atoms with Gasteiger partial charge in [-0.1, -0.05) is 30.2 Å². The highest BCUT2D eigenvalue weighted by atomic mass is 35.5. The number of amides is 1. The van der Waals surface area contributed by atoms with E-state index in [4.69, 9.17) is 11.6 Å². The van der Waals surface area contributed by atoms with Gasteiger partial charge in [-0.3, -0.25) is 4.79 Å². The predicted octanol–water partition coefficient (Wildman–Crippen LogP) is 3.83. The van der Waals surface area contributed by atoms with Gasteiger partial charge in [0.15, 0.2) is 0 Å². The summed E-state index contributed by atoms with van der Waals surface area (Å²) < 4.78 is 0. The average Bonchev–Trinajstić information content (AvgIpc) is 3.03. The summed E-state index contributed by atoms with van der Waals surface area (Å²) in [6.45, 7) is 0.723. The maximum Gasteiger partial charge on any atom is 0.220 e. The molecule has 3 atom stereocenters. The van der Waals surface area contributed by atoms with E-state index in [2.05, 4.69) is 5.32 Å². The molecule has 2 aliphatic rings. The molecule has 1 amide bonds. The van der Waals surface area contributed by atoms with Crippen LogP contribution in [0.3, 0.4) is 0 Å². The fraction of sp³-hybridized carbons (Fsp3) is 0.588. The fourth-order valence-electron chi connectivity index (χ4n) is 3.93. The van der Waals surface area contributed by atoms with E-state index in [0.29, 0.717) is 5.92 Å². The lowest BCUT2D eigenvalue weighted by molar-refractivity contribution is -0.122. The van der Waals surface area contributed by atoms with Crippen molar-refractivity contribution < 1.29 is 4.79 Å². The van der Waals surface area contributed by atoms with Gasteiger partial charge in [-0.2, -0.15) is 0 Å². The van der Waals surface area contributed by atoms with Crippen molar-refractivity contribution in [3.05, 3.63) is 34.9 Å². The number of hydrogen-bond acceptors (Lipinski definition) is 1. The first-order chi connectivity index (χ1) is 9.70. The summed E-state index contributed by atoms with van der Waals surface area (Å²) >= 11 is 5.85. The molecule has 2 nitrogen and oxygen atoms in total. The van der Waals surface area contributed by atoms with Crippen molar-refractivity contribution in [3.63, 3.8) is 0 Å². The van der Waals surface area contributed by atoms with Crippen LogP contribution in [-0.4, -0.2) is 12.5 Å². The molecule has 2 fully saturated rings. The van der Waals surface area contributed by atoms with Crippen LogP contribution in [0.15, 0.2) is 24.3 Å². The van der Waals surface area contributed by atoms with Gasteiger partial charge in [0.05, 0.1) is 0 Å².